The lowest BCUT2D eigenvalue weighted by Gasteiger charge is -2.07. The van der Waals surface area contributed by atoms with Gasteiger partial charge in [-0.2, -0.15) is 0 Å². The van der Waals surface area contributed by atoms with Gasteiger partial charge in [0.05, 0.1) is 0 Å². The van der Waals surface area contributed by atoms with Gasteiger partial charge >= 0.3 is 11.9 Å². The molecule has 0 amide bonds. The maximum Gasteiger partial charge on any atom is 0.339 e. The van der Waals surface area contributed by atoms with Crippen molar-refractivity contribution in [1.29, 1.82) is 0 Å². The van der Waals surface area contributed by atoms with Crippen molar-refractivity contribution < 1.29 is 30.0 Å². The molecule has 22 heavy (non-hydrogen) atoms. The highest BCUT2D eigenvalue weighted by Gasteiger charge is 2.12. The van der Waals surface area contributed by atoms with E-state index in [1.807, 2.05) is 0 Å². The number of aromatic carboxylic acids is 2. The van der Waals surface area contributed by atoms with E-state index in [9.17, 15) is 19.8 Å². The van der Waals surface area contributed by atoms with E-state index < -0.39 is 11.9 Å². The van der Waals surface area contributed by atoms with Crippen molar-refractivity contribution in [2.75, 3.05) is 0 Å². The zero-order valence-electron chi connectivity index (χ0n) is 11.5. The lowest BCUT2D eigenvalue weighted by atomic mass is 10.0. The molecule has 0 bridgehead atoms. The summed E-state index contributed by atoms with van der Waals surface area (Å²) < 4.78 is 0. The maximum absolute atomic E-state index is 11.0. The van der Waals surface area contributed by atoms with Crippen molar-refractivity contribution in [1.82, 2.24) is 0 Å². The molecule has 0 heterocycles. The number of hydrogen-bond donors (Lipinski definition) is 4. The van der Waals surface area contributed by atoms with Crippen LogP contribution in [0.2, 0.25) is 0 Å². The summed E-state index contributed by atoms with van der Waals surface area (Å²) in [6.07, 6.45) is 0.953. The lowest BCUT2D eigenvalue weighted by Crippen LogP contribution is -2.01. The monoisotopic (exact) mass is 302 g/mol. The van der Waals surface area contributed by atoms with Crippen LogP contribution in [0.1, 0.15) is 31.8 Å². The average Bonchev–Trinajstić information content (AvgIpc) is 2.47. The van der Waals surface area contributed by atoms with E-state index in [-0.39, 0.29) is 22.6 Å². The Morgan fingerprint density at radius 1 is 0.727 bits per heavy atom. The van der Waals surface area contributed by atoms with Crippen LogP contribution in [0.15, 0.2) is 36.4 Å². The third-order valence-corrected chi connectivity index (χ3v) is 3.29. The first-order valence-electron chi connectivity index (χ1n) is 6.49. The van der Waals surface area contributed by atoms with Crippen molar-refractivity contribution in [3.05, 3.63) is 58.7 Å². The van der Waals surface area contributed by atoms with E-state index in [2.05, 4.69) is 0 Å². The van der Waals surface area contributed by atoms with Crippen molar-refractivity contribution in [3.8, 4) is 11.5 Å². The van der Waals surface area contributed by atoms with Gasteiger partial charge in [0, 0.05) is 0 Å². The molecular weight excluding hydrogens is 288 g/mol. The third-order valence-electron chi connectivity index (χ3n) is 3.29. The molecule has 0 radical (unpaired) electrons. The number of hydrogen-bond acceptors (Lipinski definition) is 4. The van der Waals surface area contributed by atoms with E-state index in [0.29, 0.717) is 24.0 Å². The summed E-state index contributed by atoms with van der Waals surface area (Å²) in [6.45, 7) is 0. The van der Waals surface area contributed by atoms with Crippen LogP contribution in [0.5, 0.6) is 11.5 Å². The van der Waals surface area contributed by atoms with Gasteiger partial charge in [0.25, 0.3) is 0 Å². The molecule has 2 aromatic rings. The van der Waals surface area contributed by atoms with Gasteiger partial charge in [0.1, 0.15) is 22.6 Å². The average molecular weight is 302 g/mol. The van der Waals surface area contributed by atoms with Crippen LogP contribution >= 0.6 is 0 Å². The minimum absolute atomic E-state index is 0.172. The number of carbonyl (C=O) groups is 2. The SMILES string of the molecule is O=C(O)c1cc(CCc2ccc(O)c(C(=O)O)c2)ccc1O. The van der Waals surface area contributed by atoms with Crippen LogP contribution in [-0.2, 0) is 12.8 Å². The predicted molar refractivity (Wildman–Crippen MR) is 77.5 cm³/mol. The lowest BCUT2D eigenvalue weighted by molar-refractivity contribution is 0.0682. The largest absolute Gasteiger partial charge is 0.507 e. The van der Waals surface area contributed by atoms with Gasteiger partial charge in [-0.05, 0) is 48.2 Å². The van der Waals surface area contributed by atoms with Gasteiger partial charge in [-0.3, -0.25) is 0 Å². The number of carboxylic acids is 2. The minimum atomic E-state index is -1.21. The Labute approximate surface area is 125 Å². The Morgan fingerprint density at radius 2 is 1.09 bits per heavy atom. The van der Waals surface area contributed by atoms with Crippen LogP contribution in [0.4, 0.5) is 0 Å². The van der Waals surface area contributed by atoms with Crippen molar-refractivity contribution in [2.24, 2.45) is 0 Å². The zero-order chi connectivity index (χ0) is 16.3. The molecule has 0 aliphatic rings. The van der Waals surface area contributed by atoms with Crippen LogP contribution < -0.4 is 0 Å². The first-order chi connectivity index (χ1) is 10.4. The Kier molecular flexibility index (Phi) is 4.31. The number of phenols is 2. The van der Waals surface area contributed by atoms with Crippen LogP contribution in [0.3, 0.4) is 0 Å². The van der Waals surface area contributed by atoms with Gasteiger partial charge in [-0.1, -0.05) is 12.1 Å². The van der Waals surface area contributed by atoms with Gasteiger partial charge in [-0.15, -0.1) is 0 Å². The van der Waals surface area contributed by atoms with E-state index in [0.717, 1.165) is 0 Å². The fourth-order valence-electron chi connectivity index (χ4n) is 2.11. The third kappa shape index (κ3) is 3.35. The van der Waals surface area contributed by atoms with Crippen molar-refractivity contribution in [2.45, 2.75) is 12.8 Å². The van der Waals surface area contributed by atoms with E-state index in [1.165, 1.54) is 24.3 Å². The van der Waals surface area contributed by atoms with Crippen molar-refractivity contribution >= 4 is 11.9 Å². The molecule has 0 unspecified atom stereocenters. The second kappa shape index (κ2) is 6.17. The summed E-state index contributed by atoms with van der Waals surface area (Å²) in [5.41, 5.74) is 1.07. The van der Waals surface area contributed by atoms with Gasteiger partial charge in [0.15, 0.2) is 0 Å². The molecule has 0 atom stereocenters. The fraction of sp³-hybridized carbons (Fsp3) is 0.125. The van der Waals surface area contributed by atoms with Crippen molar-refractivity contribution in [3.63, 3.8) is 0 Å². The molecule has 0 aliphatic heterocycles. The molecule has 0 fully saturated rings. The van der Waals surface area contributed by atoms with Crippen LogP contribution in [0.25, 0.3) is 0 Å². The molecule has 0 aromatic heterocycles. The first kappa shape index (κ1) is 15.4. The highest BCUT2D eigenvalue weighted by atomic mass is 16.4. The highest BCUT2D eigenvalue weighted by Crippen LogP contribution is 2.22. The molecule has 6 nitrogen and oxygen atoms in total. The minimum Gasteiger partial charge on any atom is -0.507 e. The summed E-state index contributed by atoms with van der Waals surface area (Å²) in [5, 5.41) is 36.8. The first-order valence-corrected chi connectivity index (χ1v) is 6.49. The number of aryl methyl sites for hydroxylation is 2. The van der Waals surface area contributed by atoms with E-state index in [1.54, 1.807) is 12.1 Å². The number of benzene rings is 2. The van der Waals surface area contributed by atoms with Gasteiger partial charge < -0.3 is 20.4 Å². The summed E-state index contributed by atoms with van der Waals surface area (Å²) >= 11 is 0. The number of carboxylic acid groups (broad SMARTS) is 2. The standard InChI is InChI=1S/C16H14O6/c17-13-5-3-9(7-11(13)15(19)20)1-2-10-4-6-14(18)12(8-10)16(21)22/h3-8,17-18H,1-2H2,(H,19,20)(H,21,22). The molecule has 2 rings (SSSR count). The summed E-state index contributed by atoms with van der Waals surface area (Å²) in [5.74, 6) is -3.02. The second-order valence-electron chi connectivity index (χ2n) is 4.81. The van der Waals surface area contributed by atoms with E-state index in [4.69, 9.17) is 10.2 Å². The normalized spacial score (nSPS) is 10.4. The summed E-state index contributed by atoms with van der Waals surface area (Å²) in [7, 11) is 0. The zero-order valence-corrected chi connectivity index (χ0v) is 11.5. The molecule has 0 spiro atoms. The second-order valence-corrected chi connectivity index (χ2v) is 4.81. The molecule has 4 N–H and O–H groups in total. The molecule has 6 heteroatoms. The highest BCUT2D eigenvalue weighted by molar-refractivity contribution is 5.91. The number of aromatic hydroxyl groups is 2. The smallest absolute Gasteiger partial charge is 0.339 e. The Bertz CT molecular complexity index is 672. The van der Waals surface area contributed by atoms with Gasteiger partial charge in [0.2, 0.25) is 0 Å². The predicted octanol–water partition coefficient (Wildman–Crippen LogP) is 2.28. The molecule has 0 saturated heterocycles. The Balaban J connectivity index is 2.17. The molecule has 0 aliphatic carbocycles. The molecule has 2 aromatic carbocycles. The van der Waals surface area contributed by atoms with Crippen LogP contribution in [0, 0.1) is 0 Å². The van der Waals surface area contributed by atoms with Gasteiger partial charge in [-0.25, -0.2) is 9.59 Å². The number of rotatable bonds is 5. The van der Waals surface area contributed by atoms with E-state index >= 15 is 0 Å². The van der Waals surface area contributed by atoms with Crippen LogP contribution in [-0.4, -0.2) is 32.4 Å². The summed E-state index contributed by atoms with van der Waals surface area (Å²) in [4.78, 5) is 21.9. The molecule has 114 valence electrons. The quantitative estimate of drug-likeness (QED) is 0.673. The fourth-order valence-corrected chi connectivity index (χ4v) is 2.11. The Hall–Kier alpha value is -3.02. The molecule has 0 saturated carbocycles. The maximum atomic E-state index is 11.0. The molecular formula is C16H14O6. The summed E-state index contributed by atoms with van der Waals surface area (Å²) in [6, 6.07) is 8.63. The topological polar surface area (TPSA) is 115 Å². The Morgan fingerprint density at radius 3 is 1.41 bits per heavy atom.